The molecule has 12 rings (SSSR count). The quantitative estimate of drug-likeness (QED) is 0.145. The predicted octanol–water partition coefficient (Wildman–Crippen LogP) is 16.7. The third kappa shape index (κ3) is 5.83. The molecule has 304 valence electrons. The molecular weight excluding hydrogens is 779 g/mol. The SMILES string of the molecule is CC12C(c3ccc(N(c4ccccc4-c4cccc5cccc(C6CCCCC6)c45)c4cccc5sc6ccccc6c45)cc3)=CC#CC1C(C)(c1ccccc1)c1ccccc12. The fourth-order valence-corrected chi connectivity index (χ4v) is 13.2. The summed E-state index contributed by atoms with van der Waals surface area (Å²) in [5.74, 6) is 8.01. The van der Waals surface area contributed by atoms with Crippen molar-refractivity contribution < 1.29 is 0 Å². The van der Waals surface area contributed by atoms with Gasteiger partial charge in [-0.25, -0.2) is 0 Å². The summed E-state index contributed by atoms with van der Waals surface area (Å²) in [6.07, 6.45) is 8.70. The lowest BCUT2D eigenvalue weighted by atomic mass is 9.61. The Morgan fingerprint density at radius 2 is 1.19 bits per heavy atom. The van der Waals surface area contributed by atoms with Crippen LogP contribution in [0.5, 0.6) is 0 Å². The molecule has 3 unspecified atom stereocenters. The molecule has 1 heterocycles. The molecule has 0 spiro atoms. The van der Waals surface area contributed by atoms with Gasteiger partial charge >= 0.3 is 0 Å². The highest BCUT2D eigenvalue weighted by atomic mass is 32.1. The Labute approximate surface area is 375 Å². The topological polar surface area (TPSA) is 3.24 Å². The standard InChI is InChI=1S/C61H49NS/c1-60(44-23-7-4-8-24-44)51-29-11-12-30-52(51)61(2)50(31-17-36-57(60)61)42-37-39-45(40-38-42)62(54-33-18-35-56-59(54)49-26-10-14-34-55(49)63-56)53-32-13-9-25-47(53)48-28-16-22-43-21-15-27-46(58(43)48)41-19-5-3-6-20-41/h4,7-16,18,21-35,37-41,57H,3,5-6,19-20H2,1-2H3. The molecular formula is C61H49NS. The van der Waals surface area contributed by atoms with Crippen LogP contribution in [0.15, 0.2) is 188 Å². The zero-order valence-electron chi connectivity index (χ0n) is 35.9. The van der Waals surface area contributed by atoms with Gasteiger partial charge < -0.3 is 4.90 Å². The van der Waals surface area contributed by atoms with Crippen LogP contribution in [-0.2, 0) is 10.8 Å². The van der Waals surface area contributed by atoms with E-state index in [1.165, 1.54) is 119 Å². The lowest BCUT2D eigenvalue weighted by Gasteiger charge is -2.40. The van der Waals surface area contributed by atoms with Crippen molar-refractivity contribution in [2.75, 3.05) is 4.90 Å². The fraction of sp³-hybridized carbons (Fsp3) is 0.180. The maximum Gasteiger partial charge on any atom is 0.0555 e. The summed E-state index contributed by atoms with van der Waals surface area (Å²) in [5.41, 5.74) is 13.6. The van der Waals surface area contributed by atoms with Crippen molar-refractivity contribution in [2.24, 2.45) is 5.92 Å². The van der Waals surface area contributed by atoms with Crippen LogP contribution in [0.4, 0.5) is 17.1 Å². The monoisotopic (exact) mass is 827 g/mol. The van der Waals surface area contributed by atoms with Gasteiger partial charge in [0.15, 0.2) is 0 Å². The van der Waals surface area contributed by atoms with Crippen molar-refractivity contribution in [3.63, 3.8) is 0 Å². The van der Waals surface area contributed by atoms with E-state index in [9.17, 15) is 0 Å². The van der Waals surface area contributed by atoms with Crippen LogP contribution in [0.1, 0.15) is 79.7 Å². The highest BCUT2D eigenvalue weighted by Crippen LogP contribution is 2.62. The number of nitrogens with zero attached hydrogens (tertiary/aromatic N) is 1. The molecule has 1 fully saturated rings. The van der Waals surface area contributed by atoms with E-state index in [0.717, 1.165) is 5.69 Å². The van der Waals surface area contributed by atoms with Gasteiger partial charge in [-0.2, -0.15) is 0 Å². The van der Waals surface area contributed by atoms with Gasteiger partial charge in [0, 0.05) is 48.2 Å². The lowest BCUT2D eigenvalue weighted by Crippen LogP contribution is -2.39. The number of hydrogen-bond donors (Lipinski definition) is 0. The predicted molar refractivity (Wildman–Crippen MR) is 269 cm³/mol. The Kier molecular flexibility index (Phi) is 9.07. The average molecular weight is 828 g/mol. The molecule has 0 bridgehead atoms. The summed E-state index contributed by atoms with van der Waals surface area (Å²) in [7, 11) is 0. The van der Waals surface area contributed by atoms with E-state index in [1.807, 2.05) is 11.3 Å². The second-order valence-electron chi connectivity index (χ2n) is 18.3. The third-order valence-electron chi connectivity index (χ3n) is 15.1. The van der Waals surface area contributed by atoms with Crippen LogP contribution in [-0.4, -0.2) is 0 Å². The van der Waals surface area contributed by atoms with Gasteiger partial charge in [0.05, 0.1) is 11.4 Å². The van der Waals surface area contributed by atoms with E-state index in [-0.39, 0.29) is 16.7 Å². The molecule has 1 aromatic heterocycles. The third-order valence-corrected chi connectivity index (χ3v) is 16.2. The van der Waals surface area contributed by atoms with Crippen molar-refractivity contribution in [1.82, 2.24) is 0 Å². The number of allylic oxidation sites excluding steroid dienone is 2. The first-order valence-corrected chi connectivity index (χ1v) is 23.6. The number of para-hydroxylation sites is 1. The summed E-state index contributed by atoms with van der Waals surface area (Å²) in [5, 5.41) is 5.31. The molecule has 1 nitrogen and oxygen atoms in total. The largest absolute Gasteiger partial charge is 0.309 e. The Morgan fingerprint density at radius 3 is 2.02 bits per heavy atom. The molecule has 0 N–H and O–H groups in total. The van der Waals surface area contributed by atoms with E-state index in [0.29, 0.717) is 5.92 Å². The summed E-state index contributed by atoms with van der Waals surface area (Å²) in [6, 6.07) is 68.4. The van der Waals surface area contributed by atoms with Gasteiger partial charge in [0.1, 0.15) is 0 Å². The van der Waals surface area contributed by atoms with E-state index < -0.39 is 0 Å². The first kappa shape index (κ1) is 38.0. The van der Waals surface area contributed by atoms with Crippen LogP contribution in [0.2, 0.25) is 0 Å². The Bertz CT molecular complexity index is 3310. The fourth-order valence-electron chi connectivity index (χ4n) is 12.1. The number of benzene rings is 8. The maximum absolute atomic E-state index is 3.78. The van der Waals surface area contributed by atoms with Crippen molar-refractivity contribution >= 4 is 64.9 Å². The Morgan fingerprint density at radius 1 is 0.540 bits per heavy atom. The number of thiophene rings is 1. The molecule has 1 saturated carbocycles. The molecule has 0 radical (unpaired) electrons. The maximum atomic E-state index is 3.78. The molecule has 9 aromatic rings. The van der Waals surface area contributed by atoms with Gasteiger partial charge in [0.2, 0.25) is 0 Å². The van der Waals surface area contributed by atoms with Crippen molar-refractivity contribution in [3.05, 3.63) is 216 Å². The average Bonchev–Trinajstić information content (AvgIpc) is 3.83. The van der Waals surface area contributed by atoms with Gasteiger partial charge in [-0.1, -0.05) is 191 Å². The highest BCUT2D eigenvalue weighted by Gasteiger charge is 2.58. The van der Waals surface area contributed by atoms with Crippen LogP contribution in [0, 0.1) is 17.8 Å². The van der Waals surface area contributed by atoms with Crippen LogP contribution < -0.4 is 4.90 Å². The molecule has 63 heavy (non-hydrogen) atoms. The molecule has 2 heteroatoms. The van der Waals surface area contributed by atoms with Crippen LogP contribution in [0.25, 0.3) is 47.6 Å². The van der Waals surface area contributed by atoms with Crippen LogP contribution in [0.3, 0.4) is 0 Å². The van der Waals surface area contributed by atoms with E-state index in [1.54, 1.807) is 0 Å². The highest BCUT2D eigenvalue weighted by molar-refractivity contribution is 7.26. The van der Waals surface area contributed by atoms with E-state index in [2.05, 4.69) is 219 Å². The molecule has 3 atom stereocenters. The summed E-state index contributed by atoms with van der Waals surface area (Å²) >= 11 is 1.88. The molecule has 3 aliphatic rings. The minimum absolute atomic E-state index is 0.0801. The molecule has 0 aliphatic heterocycles. The molecule has 0 saturated heterocycles. The minimum Gasteiger partial charge on any atom is -0.309 e. The zero-order valence-corrected chi connectivity index (χ0v) is 36.8. The summed E-state index contributed by atoms with van der Waals surface area (Å²) in [6.45, 7) is 4.85. The number of hydrogen-bond acceptors (Lipinski definition) is 2. The normalized spacial score (nSPS) is 20.5. The summed E-state index contributed by atoms with van der Waals surface area (Å²) < 4.78 is 2.60. The smallest absolute Gasteiger partial charge is 0.0555 e. The van der Waals surface area contributed by atoms with Gasteiger partial charge in [-0.05, 0) is 111 Å². The second kappa shape index (κ2) is 15.0. The molecule has 3 aliphatic carbocycles. The first-order valence-electron chi connectivity index (χ1n) is 22.8. The lowest BCUT2D eigenvalue weighted by molar-refractivity contribution is 0.370. The number of rotatable bonds is 7. The van der Waals surface area contributed by atoms with Crippen molar-refractivity contribution in [3.8, 4) is 23.0 Å². The zero-order chi connectivity index (χ0) is 42.1. The number of anilines is 3. The van der Waals surface area contributed by atoms with Crippen molar-refractivity contribution in [1.29, 1.82) is 0 Å². The van der Waals surface area contributed by atoms with Gasteiger partial charge in [-0.15, -0.1) is 11.3 Å². The molecule has 0 amide bonds. The Balaban J connectivity index is 1.04. The number of fused-ring (bicyclic) bond motifs is 7. The van der Waals surface area contributed by atoms with Crippen molar-refractivity contribution in [2.45, 2.75) is 62.7 Å². The Hall–Kier alpha value is -6.66. The second-order valence-corrected chi connectivity index (χ2v) is 19.4. The first-order chi connectivity index (χ1) is 31.0. The van der Waals surface area contributed by atoms with Crippen LogP contribution >= 0.6 is 11.3 Å². The summed E-state index contributed by atoms with van der Waals surface area (Å²) in [4.78, 5) is 2.54. The molecule has 8 aromatic carbocycles. The van der Waals surface area contributed by atoms with Gasteiger partial charge in [0.25, 0.3) is 0 Å². The minimum atomic E-state index is -0.300. The van der Waals surface area contributed by atoms with Gasteiger partial charge in [-0.3, -0.25) is 0 Å². The van der Waals surface area contributed by atoms with E-state index >= 15 is 0 Å². The van der Waals surface area contributed by atoms with E-state index in [4.69, 9.17) is 0 Å².